The molecule has 0 fully saturated rings. The van der Waals surface area contributed by atoms with E-state index in [0.29, 0.717) is 5.56 Å². The van der Waals surface area contributed by atoms with Crippen molar-refractivity contribution < 1.29 is 13.2 Å². The second kappa shape index (κ2) is 5.47. The lowest BCUT2D eigenvalue weighted by atomic mass is 10.2. The molecule has 1 aromatic carbocycles. The number of halogens is 3. The van der Waals surface area contributed by atoms with Crippen molar-refractivity contribution in [3.63, 3.8) is 0 Å². The first-order valence-electron chi connectivity index (χ1n) is 5.27. The van der Waals surface area contributed by atoms with Crippen molar-refractivity contribution >= 4 is 11.9 Å². The first-order chi connectivity index (χ1) is 9.05. The monoisotopic (exact) mass is 266 g/mol. The highest BCUT2D eigenvalue weighted by molar-refractivity contribution is 5.79. The largest absolute Gasteiger partial charge is 0.416 e. The van der Waals surface area contributed by atoms with Crippen LogP contribution in [-0.2, 0) is 6.18 Å². The lowest BCUT2D eigenvalue weighted by Crippen LogP contribution is -2.05. The predicted octanol–water partition coefficient (Wildman–Crippen LogP) is 2.94. The van der Waals surface area contributed by atoms with Gasteiger partial charge in [0.25, 0.3) is 0 Å². The highest BCUT2D eigenvalue weighted by Gasteiger charge is 2.30. The molecule has 0 aliphatic carbocycles. The molecule has 98 valence electrons. The Morgan fingerprint density at radius 1 is 1.16 bits per heavy atom. The minimum Gasteiger partial charge on any atom is -0.278 e. The van der Waals surface area contributed by atoms with Crippen LogP contribution in [0.15, 0.2) is 48.1 Å². The van der Waals surface area contributed by atoms with E-state index < -0.39 is 11.7 Å². The first-order valence-corrected chi connectivity index (χ1v) is 5.27. The molecule has 19 heavy (non-hydrogen) atoms. The van der Waals surface area contributed by atoms with Crippen LogP contribution in [0.1, 0.15) is 11.1 Å². The maximum absolute atomic E-state index is 12.5. The lowest BCUT2D eigenvalue weighted by molar-refractivity contribution is -0.137. The van der Waals surface area contributed by atoms with Crippen LogP contribution in [0.25, 0.3) is 0 Å². The molecule has 0 saturated carbocycles. The summed E-state index contributed by atoms with van der Waals surface area (Å²) < 4.78 is 37.4. The van der Waals surface area contributed by atoms with Crippen molar-refractivity contribution in [2.45, 2.75) is 6.18 Å². The summed E-state index contributed by atoms with van der Waals surface area (Å²) >= 11 is 0. The van der Waals surface area contributed by atoms with E-state index in [4.69, 9.17) is 0 Å². The van der Waals surface area contributed by atoms with Crippen molar-refractivity contribution in [3.05, 3.63) is 54.1 Å². The molecule has 0 spiro atoms. The third-order valence-electron chi connectivity index (χ3n) is 2.18. The molecule has 0 aliphatic rings. The zero-order valence-corrected chi connectivity index (χ0v) is 9.59. The van der Waals surface area contributed by atoms with Crippen LogP contribution in [0.5, 0.6) is 0 Å². The molecule has 2 rings (SSSR count). The molecule has 4 nitrogen and oxygen atoms in total. The van der Waals surface area contributed by atoms with Gasteiger partial charge in [-0.25, -0.2) is 9.97 Å². The van der Waals surface area contributed by atoms with E-state index in [9.17, 15) is 13.2 Å². The number of rotatable bonds is 3. The number of alkyl halides is 3. The predicted molar refractivity (Wildman–Crippen MR) is 64.7 cm³/mol. The number of hydrazone groups is 1. The van der Waals surface area contributed by atoms with Gasteiger partial charge in [-0.05, 0) is 18.2 Å². The number of anilines is 1. The van der Waals surface area contributed by atoms with Crippen LogP contribution in [0.4, 0.5) is 18.9 Å². The molecule has 7 heteroatoms. The van der Waals surface area contributed by atoms with Crippen LogP contribution < -0.4 is 5.43 Å². The van der Waals surface area contributed by atoms with Gasteiger partial charge in [0.05, 0.1) is 17.5 Å². The van der Waals surface area contributed by atoms with Gasteiger partial charge in [-0.1, -0.05) is 6.07 Å². The number of benzene rings is 1. The molecule has 1 N–H and O–H groups in total. The van der Waals surface area contributed by atoms with Gasteiger partial charge in [0.1, 0.15) is 6.33 Å². The Bertz CT molecular complexity index is 567. The highest BCUT2D eigenvalue weighted by atomic mass is 19.4. The van der Waals surface area contributed by atoms with Gasteiger partial charge in [0.2, 0.25) is 0 Å². The molecule has 0 radical (unpaired) electrons. The average Bonchev–Trinajstić information content (AvgIpc) is 2.39. The quantitative estimate of drug-likeness (QED) is 0.686. The van der Waals surface area contributed by atoms with Gasteiger partial charge in [-0.2, -0.15) is 18.3 Å². The van der Waals surface area contributed by atoms with Crippen molar-refractivity contribution in [2.24, 2.45) is 5.10 Å². The molecule has 1 aromatic heterocycles. The highest BCUT2D eigenvalue weighted by Crippen LogP contribution is 2.30. The van der Waals surface area contributed by atoms with Gasteiger partial charge >= 0.3 is 6.18 Å². The van der Waals surface area contributed by atoms with Crippen LogP contribution in [0.3, 0.4) is 0 Å². The molecule has 0 atom stereocenters. The van der Waals surface area contributed by atoms with E-state index in [1.807, 2.05) is 0 Å². The van der Waals surface area contributed by atoms with E-state index in [0.717, 1.165) is 12.1 Å². The van der Waals surface area contributed by atoms with E-state index in [2.05, 4.69) is 20.5 Å². The molecule has 0 unspecified atom stereocenters. The summed E-state index contributed by atoms with van der Waals surface area (Å²) in [6, 6.07) is 4.79. The number of nitrogens with zero attached hydrogens (tertiary/aromatic N) is 3. The Labute approximate surface area is 107 Å². The molecule has 2 aromatic rings. The average molecular weight is 266 g/mol. The number of hydrogen-bond acceptors (Lipinski definition) is 4. The van der Waals surface area contributed by atoms with Gasteiger partial charge in [0, 0.05) is 18.0 Å². The summed E-state index contributed by atoms with van der Waals surface area (Å²) in [6.45, 7) is 0. The fourth-order valence-electron chi connectivity index (χ4n) is 1.32. The van der Waals surface area contributed by atoms with Gasteiger partial charge < -0.3 is 0 Å². The van der Waals surface area contributed by atoms with Gasteiger partial charge in [-0.15, -0.1) is 0 Å². The summed E-state index contributed by atoms with van der Waals surface area (Å²) in [5, 5.41) is 3.81. The van der Waals surface area contributed by atoms with E-state index >= 15 is 0 Å². The first kappa shape index (κ1) is 13.0. The number of nitrogens with one attached hydrogen (secondary N) is 1. The molecule has 0 amide bonds. The smallest absolute Gasteiger partial charge is 0.278 e. The maximum atomic E-state index is 12.5. The number of aromatic nitrogens is 2. The van der Waals surface area contributed by atoms with Crippen molar-refractivity contribution in [1.29, 1.82) is 0 Å². The van der Waals surface area contributed by atoms with Crippen molar-refractivity contribution in [1.82, 2.24) is 9.97 Å². The second-order valence-electron chi connectivity index (χ2n) is 3.62. The minimum atomic E-state index is -4.37. The summed E-state index contributed by atoms with van der Waals surface area (Å²) in [7, 11) is 0. The summed E-state index contributed by atoms with van der Waals surface area (Å²) in [6.07, 6.45) is 1.49. The Balaban J connectivity index is 2.06. The number of hydrogen-bond donors (Lipinski definition) is 1. The third-order valence-corrected chi connectivity index (χ3v) is 2.18. The zero-order chi connectivity index (χ0) is 13.7. The molecule has 0 aliphatic heterocycles. The standard InChI is InChI=1S/C12H9F3N4/c13-12(14,15)10-2-1-3-11(4-10)19-18-7-9-5-16-8-17-6-9/h1-8,19H/b18-7-. The normalized spacial score (nSPS) is 11.7. The van der Waals surface area contributed by atoms with Crippen molar-refractivity contribution in [2.75, 3.05) is 5.43 Å². The Morgan fingerprint density at radius 3 is 2.58 bits per heavy atom. The summed E-state index contributed by atoms with van der Waals surface area (Å²) in [5.41, 5.74) is 2.69. The lowest BCUT2D eigenvalue weighted by Gasteiger charge is -2.07. The Kier molecular flexibility index (Phi) is 3.74. The van der Waals surface area contributed by atoms with E-state index in [-0.39, 0.29) is 5.69 Å². The SMILES string of the molecule is FC(F)(F)c1cccc(N/N=C\c2cncnc2)c1. The van der Waals surface area contributed by atoms with Crippen LogP contribution in [-0.4, -0.2) is 16.2 Å². The van der Waals surface area contributed by atoms with Crippen molar-refractivity contribution in [3.8, 4) is 0 Å². The summed E-state index contributed by atoms with van der Waals surface area (Å²) in [5.74, 6) is 0. The molecule has 0 bridgehead atoms. The van der Waals surface area contributed by atoms with Gasteiger partial charge in [-0.3, -0.25) is 5.43 Å². The minimum absolute atomic E-state index is 0.253. The second-order valence-corrected chi connectivity index (χ2v) is 3.62. The molecule has 1 heterocycles. The maximum Gasteiger partial charge on any atom is 0.416 e. The van der Waals surface area contributed by atoms with Crippen LogP contribution in [0.2, 0.25) is 0 Å². The molecular formula is C12H9F3N4. The fraction of sp³-hybridized carbons (Fsp3) is 0.0833. The zero-order valence-electron chi connectivity index (χ0n) is 9.59. The van der Waals surface area contributed by atoms with Crippen LogP contribution >= 0.6 is 0 Å². The summed E-state index contributed by atoms with van der Waals surface area (Å²) in [4.78, 5) is 7.56. The topological polar surface area (TPSA) is 50.2 Å². The third kappa shape index (κ3) is 3.77. The Hall–Kier alpha value is -2.44. The Morgan fingerprint density at radius 2 is 1.89 bits per heavy atom. The van der Waals surface area contributed by atoms with Crippen LogP contribution in [0, 0.1) is 0 Å². The van der Waals surface area contributed by atoms with E-state index in [1.165, 1.54) is 37.1 Å². The van der Waals surface area contributed by atoms with Gasteiger partial charge in [0.15, 0.2) is 0 Å². The molecular weight excluding hydrogens is 257 g/mol. The fourth-order valence-corrected chi connectivity index (χ4v) is 1.32. The molecule has 0 saturated heterocycles. The van der Waals surface area contributed by atoms with E-state index in [1.54, 1.807) is 0 Å².